The van der Waals surface area contributed by atoms with E-state index in [1.807, 2.05) is 30.3 Å². The van der Waals surface area contributed by atoms with Crippen LogP contribution in [0, 0.1) is 0 Å². The molecule has 1 aromatic heterocycles. The minimum absolute atomic E-state index is 0.282. The zero-order valence-electron chi connectivity index (χ0n) is 10.2. The number of ether oxygens (including phenoxy) is 2. The number of pyridine rings is 1. The zero-order valence-corrected chi connectivity index (χ0v) is 10.2. The van der Waals surface area contributed by atoms with Gasteiger partial charge in [0, 0.05) is 17.3 Å². The smallest absolute Gasteiger partial charge is 0.357 e. The average molecular weight is 243 g/mol. The summed E-state index contributed by atoms with van der Waals surface area (Å²) in [4.78, 5) is 15.8. The number of para-hydroxylation sites is 1. The molecule has 0 saturated carbocycles. The largest absolute Gasteiger partial charge is 0.496 e. The monoisotopic (exact) mass is 243 g/mol. The third kappa shape index (κ3) is 2.18. The first kappa shape index (κ1) is 12.1. The average Bonchev–Trinajstić information content (AvgIpc) is 2.46. The highest BCUT2D eigenvalue weighted by Crippen LogP contribution is 2.31. The number of aromatic nitrogens is 1. The Morgan fingerprint density at radius 1 is 1.06 bits per heavy atom. The van der Waals surface area contributed by atoms with Crippen molar-refractivity contribution in [2.45, 2.75) is 0 Å². The molecule has 0 fully saturated rings. The summed E-state index contributed by atoms with van der Waals surface area (Å²) in [6.07, 6.45) is 1.56. The predicted molar refractivity (Wildman–Crippen MR) is 67.6 cm³/mol. The van der Waals surface area contributed by atoms with Crippen molar-refractivity contribution in [3.63, 3.8) is 0 Å². The molecule has 2 rings (SSSR count). The van der Waals surface area contributed by atoms with Gasteiger partial charge >= 0.3 is 5.97 Å². The lowest BCUT2D eigenvalue weighted by molar-refractivity contribution is 0.0595. The lowest BCUT2D eigenvalue weighted by Crippen LogP contribution is -2.06. The number of hydrogen-bond acceptors (Lipinski definition) is 4. The first-order valence-corrected chi connectivity index (χ1v) is 5.44. The highest BCUT2D eigenvalue weighted by molar-refractivity contribution is 5.96. The Morgan fingerprint density at radius 3 is 2.50 bits per heavy atom. The van der Waals surface area contributed by atoms with Crippen LogP contribution in [0.5, 0.6) is 5.75 Å². The van der Waals surface area contributed by atoms with Crippen molar-refractivity contribution in [3.05, 3.63) is 48.3 Å². The second-order valence-electron chi connectivity index (χ2n) is 3.59. The molecule has 0 bridgehead atoms. The summed E-state index contributed by atoms with van der Waals surface area (Å²) >= 11 is 0. The fraction of sp³-hybridized carbons (Fsp3) is 0.143. The standard InChI is InChI=1S/C14H13NO3/c1-17-12-8-4-3-6-10(12)11-7-5-9-15-13(11)14(16)18-2/h3-9H,1-2H3. The first-order valence-electron chi connectivity index (χ1n) is 5.44. The van der Waals surface area contributed by atoms with Crippen LogP contribution in [0.25, 0.3) is 11.1 Å². The zero-order chi connectivity index (χ0) is 13.0. The van der Waals surface area contributed by atoms with Gasteiger partial charge in [0.05, 0.1) is 14.2 Å². The number of rotatable bonds is 3. The van der Waals surface area contributed by atoms with Crippen LogP contribution in [0.1, 0.15) is 10.5 Å². The number of nitrogens with zero attached hydrogens (tertiary/aromatic N) is 1. The molecule has 4 nitrogen and oxygen atoms in total. The summed E-state index contributed by atoms with van der Waals surface area (Å²) in [5, 5.41) is 0. The Bertz CT molecular complexity index is 566. The summed E-state index contributed by atoms with van der Waals surface area (Å²) in [5.41, 5.74) is 1.79. The molecule has 0 spiro atoms. The van der Waals surface area contributed by atoms with E-state index in [9.17, 15) is 4.79 Å². The van der Waals surface area contributed by atoms with E-state index < -0.39 is 5.97 Å². The van der Waals surface area contributed by atoms with Gasteiger partial charge in [-0.2, -0.15) is 0 Å². The van der Waals surface area contributed by atoms with Crippen molar-refractivity contribution in [1.29, 1.82) is 0 Å². The van der Waals surface area contributed by atoms with Gasteiger partial charge in [-0.05, 0) is 12.1 Å². The van der Waals surface area contributed by atoms with Crippen molar-refractivity contribution in [3.8, 4) is 16.9 Å². The lowest BCUT2D eigenvalue weighted by Gasteiger charge is -2.10. The van der Waals surface area contributed by atoms with Crippen LogP contribution in [0.3, 0.4) is 0 Å². The van der Waals surface area contributed by atoms with Crippen LogP contribution in [0.15, 0.2) is 42.6 Å². The number of hydrogen-bond donors (Lipinski definition) is 0. The summed E-state index contributed by atoms with van der Waals surface area (Å²) in [6, 6.07) is 11.1. The van der Waals surface area contributed by atoms with Crippen molar-refractivity contribution >= 4 is 5.97 Å². The molecule has 0 atom stereocenters. The molecule has 4 heteroatoms. The lowest BCUT2D eigenvalue weighted by atomic mass is 10.0. The first-order chi connectivity index (χ1) is 8.77. The third-order valence-electron chi connectivity index (χ3n) is 2.58. The number of methoxy groups -OCH3 is 2. The van der Waals surface area contributed by atoms with Gasteiger partial charge in [0.1, 0.15) is 5.75 Å². The fourth-order valence-corrected chi connectivity index (χ4v) is 1.75. The molecule has 0 aliphatic rings. The second-order valence-corrected chi connectivity index (χ2v) is 3.59. The molecule has 18 heavy (non-hydrogen) atoms. The SMILES string of the molecule is COC(=O)c1ncccc1-c1ccccc1OC. The van der Waals surface area contributed by atoms with E-state index >= 15 is 0 Å². The minimum atomic E-state index is -0.462. The van der Waals surface area contributed by atoms with E-state index in [-0.39, 0.29) is 5.69 Å². The molecule has 1 aromatic carbocycles. The van der Waals surface area contributed by atoms with Gasteiger partial charge < -0.3 is 9.47 Å². The minimum Gasteiger partial charge on any atom is -0.496 e. The van der Waals surface area contributed by atoms with Crippen molar-refractivity contribution in [1.82, 2.24) is 4.98 Å². The van der Waals surface area contributed by atoms with Gasteiger partial charge in [0.2, 0.25) is 0 Å². The van der Waals surface area contributed by atoms with Crippen LogP contribution in [-0.4, -0.2) is 25.2 Å². The highest BCUT2D eigenvalue weighted by atomic mass is 16.5. The number of carbonyl (C=O) groups excluding carboxylic acids is 1. The Labute approximate surface area is 105 Å². The van der Waals surface area contributed by atoms with Crippen LogP contribution < -0.4 is 4.74 Å². The maximum absolute atomic E-state index is 11.7. The van der Waals surface area contributed by atoms with Crippen LogP contribution in [0.2, 0.25) is 0 Å². The van der Waals surface area contributed by atoms with Gasteiger partial charge in [-0.25, -0.2) is 9.78 Å². The predicted octanol–water partition coefficient (Wildman–Crippen LogP) is 2.54. The summed E-state index contributed by atoms with van der Waals surface area (Å²) in [7, 11) is 2.93. The Morgan fingerprint density at radius 2 is 1.78 bits per heavy atom. The van der Waals surface area contributed by atoms with E-state index in [2.05, 4.69) is 4.98 Å². The number of benzene rings is 1. The molecule has 2 aromatic rings. The van der Waals surface area contributed by atoms with E-state index in [0.717, 1.165) is 5.56 Å². The number of carbonyl (C=O) groups is 1. The molecule has 0 aliphatic heterocycles. The van der Waals surface area contributed by atoms with Crippen molar-refractivity contribution < 1.29 is 14.3 Å². The molecule has 0 unspecified atom stereocenters. The molecular formula is C14H13NO3. The number of esters is 1. The van der Waals surface area contributed by atoms with E-state index in [4.69, 9.17) is 9.47 Å². The molecule has 0 radical (unpaired) electrons. The van der Waals surface area contributed by atoms with Crippen LogP contribution >= 0.6 is 0 Å². The fourth-order valence-electron chi connectivity index (χ4n) is 1.75. The van der Waals surface area contributed by atoms with Gasteiger partial charge in [-0.3, -0.25) is 0 Å². The summed E-state index contributed by atoms with van der Waals surface area (Å²) in [6.45, 7) is 0. The molecule has 0 amide bonds. The van der Waals surface area contributed by atoms with E-state index in [1.165, 1.54) is 7.11 Å². The topological polar surface area (TPSA) is 48.4 Å². The molecule has 0 N–H and O–H groups in total. The quantitative estimate of drug-likeness (QED) is 0.777. The van der Waals surface area contributed by atoms with Crippen molar-refractivity contribution in [2.24, 2.45) is 0 Å². The molecule has 1 heterocycles. The van der Waals surface area contributed by atoms with Gasteiger partial charge in [0.15, 0.2) is 5.69 Å². The van der Waals surface area contributed by atoms with Crippen LogP contribution in [-0.2, 0) is 4.74 Å². The highest BCUT2D eigenvalue weighted by Gasteiger charge is 2.16. The van der Waals surface area contributed by atoms with Gasteiger partial charge in [-0.1, -0.05) is 24.3 Å². The summed E-state index contributed by atoms with van der Waals surface area (Å²) < 4.78 is 10.0. The third-order valence-corrected chi connectivity index (χ3v) is 2.58. The maximum Gasteiger partial charge on any atom is 0.357 e. The maximum atomic E-state index is 11.7. The normalized spacial score (nSPS) is 9.89. The molecule has 0 saturated heterocycles. The van der Waals surface area contributed by atoms with Gasteiger partial charge in [-0.15, -0.1) is 0 Å². The van der Waals surface area contributed by atoms with Crippen molar-refractivity contribution in [2.75, 3.05) is 14.2 Å². The molecule has 0 aliphatic carbocycles. The Balaban J connectivity index is 2.60. The van der Waals surface area contributed by atoms with E-state index in [0.29, 0.717) is 11.3 Å². The Kier molecular flexibility index (Phi) is 3.57. The van der Waals surface area contributed by atoms with E-state index in [1.54, 1.807) is 19.4 Å². The molecule has 92 valence electrons. The Hall–Kier alpha value is -2.36. The second kappa shape index (κ2) is 5.31. The molecular weight excluding hydrogens is 230 g/mol. The summed E-state index contributed by atoms with van der Waals surface area (Å²) in [5.74, 6) is 0.229. The van der Waals surface area contributed by atoms with Crippen LogP contribution in [0.4, 0.5) is 0 Å². The van der Waals surface area contributed by atoms with Gasteiger partial charge in [0.25, 0.3) is 0 Å².